The van der Waals surface area contributed by atoms with Crippen LogP contribution in [0.15, 0.2) is 42.6 Å². The zero-order valence-corrected chi connectivity index (χ0v) is 23.2. The maximum atomic E-state index is 6.06. The molecule has 1 aromatic carbocycles. The van der Waals surface area contributed by atoms with Gasteiger partial charge in [-0.05, 0) is 30.9 Å². The van der Waals surface area contributed by atoms with Crippen molar-refractivity contribution in [1.29, 1.82) is 0 Å². The molecule has 1 fully saturated rings. The van der Waals surface area contributed by atoms with Crippen molar-refractivity contribution < 1.29 is 9.47 Å². The minimum atomic E-state index is -0.277. The maximum Gasteiger partial charge on any atom is 0.185 e. The number of unbranched alkanes of at least 4 members (excludes halogenated alkanes) is 12. The molecular formula is C33H51NO2. The molecule has 200 valence electrons. The quantitative estimate of drug-likeness (QED) is 0.194. The monoisotopic (exact) mass is 493 g/mol. The van der Waals surface area contributed by atoms with E-state index in [0.717, 1.165) is 24.5 Å². The Labute approximate surface area is 221 Å². The second-order valence-corrected chi connectivity index (χ2v) is 10.8. The third-order valence-corrected chi connectivity index (χ3v) is 7.56. The summed E-state index contributed by atoms with van der Waals surface area (Å²) in [6, 6.07) is 13.1. The predicted octanol–water partition coefficient (Wildman–Crippen LogP) is 9.84. The van der Waals surface area contributed by atoms with Crippen LogP contribution >= 0.6 is 0 Å². The molecule has 0 radical (unpaired) electrons. The molecule has 0 spiro atoms. The van der Waals surface area contributed by atoms with E-state index >= 15 is 0 Å². The van der Waals surface area contributed by atoms with Crippen molar-refractivity contribution in [3.05, 3.63) is 53.7 Å². The molecule has 0 aliphatic carbocycles. The molecule has 3 rings (SSSR count). The summed E-state index contributed by atoms with van der Waals surface area (Å²) in [5, 5.41) is 0. The van der Waals surface area contributed by atoms with Crippen LogP contribution in [0.5, 0.6) is 0 Å². The first-order valence-electron chi connectivity index (χ1n) is 15.1. The summed E-state index contributed by atoms with van der Waals surface area (Å²) in [7, 11) is 0. The Bertz CT molecular complexity index is 793. The van der Waals surface area contributed by atoms with Crippen molar-refractivity contribution in [2.75, 3.05) is 13.2 Å². The van der Waals surface area contributed by atoms with Gasteiger partial charge < -0.3 is 9.47 Å². The number of nitrogens with zero attached hydrogens (tertiary/aromatic N) is 1. The standard InChI is InChI=1S/C33H51NO2/c1-3-5-7-9-11-13-15-17-28-19-21-30(22-20-28)32-24-23-31(25-34-32)33-35-26-29(27-36-33)18-16-14-12-10-8-6-4-2/h19-25,29,33H,3-18,26-27H2,1-2H3/t29-,33-. The Morgan fingerprint density at radius 2 is 1.25 bits per heavy atom. The van der Waals surface area contributed by atoms with E-state index in [-0.39, 0.29) is 6.29 Å². The Morgan fingerprint density at radius 1 is 0.667 bits per heavy atom. The fourth-order valence-electron chi connectivity index (χ4n) is 5.14. The third kappa shape index (κ3) is 10.7. The minimum Gasteiger partial charge on any atom is -0.348 e. The molecule has 2 aromatic rings. The Hall–Kier alpha value is -1.71. The molecule has 36 heavy (non-hydrogen) atoms. The number of hydrogen-bond acceptors (Lipinski definition) is 3. The third-order valence-electron chi connectivity index (χ3n) is 7.56. The highest BCUT2D eigenvalue weighted by Gasteiger charge is 2.23. The number of pyridine rings is 1. The summed E-state index contributed by atoms with van der Waals surface area (Å²) in [4.78, 5) is 4.72. The van der Waals surface area contributed by atoms with Gasteiger partial charge in [-0.2, -0.15) is 0 Å². The number of rotatable bonds is 18. The number of aryl methyl sites for hydroxylation is 1. The molecule has 0 bridgehead atoms. The molecule has 0 amide bonds. The van der Waals surface area contributed by atoms with Gasteiger partial charge in [0.1, 0.15) is 0 Å². The second-order valence-electron chi connectivity index (χ2n) is 10.8. The van der Waals surface area contributed by atoms with E-state index in [1.165, 1.54) is 114 Å². The van der Waals surface area contributed by atoms with Crippen LogP contribution in [0.4, 0.5) is 0 Å². The highest BCUT2D eigenvalue weighted by molar-refractivity contribution is 5.59. The lowest BCUT2D eigenvalue weighted by Gasteiger charge is -2.29. The summed E-state index contributed by atoms with van der Waals surface area (Å²) in [6.45, 7) is 6.14. The summed E-state index contributed by atoms with van der Waals surface area (Å²) < 4.78 is 12.1. The lowest BCUT2D eigenvalue weighted by molar-refractivity contribution is -0.206. The Morgan fingerprint density at radius 3 is 1.83 bits per heavy atom. The van der Waals surface area contributed by atoms with Gasteiger partial charge in [-0.3, -0.25) is 4.98 Å². The van der Waals surface area contributed by atoms with Crippen molar-refractivity contribution in [2.24, 2.45) is 5.92 Å². The lowest BCUT2D eigenvalue weighted by atomic mass is 10.0. The molecule has 3 heteroatoms. The van der Waals surface area contributed by atoms with E-state index in [0.29, 0.717) is 5.92 Å². The predicted molar refractivity (Wildman–Crippen MR) is 152 cm³/mol. The van der Waals surface area contributed by atoms with Crippen molar-refractivity contribution in [1.82, 2.24) is 4.98 Å². The average molecular weight is 494 g/mol. The molecule has 1 aromatic heterocycles. The fraction of sp³-hybridized carbons (Fsp3) is 0.667. The van der Waals surface area contributed by atoms with Gasteiger partial charge in [0, 0.05) is 23.2 Å². The molecule has 2 heterocycles. The van der Waals surface area contributed by atoms with Crippen LogP contribution in [0.3, 0.4) is 0 Å². The zero-order chi connectivity index (χ0) is 25.3. The number of hydrogen-bond donors (Lipinski definition) is 0. The highest BCUT2D eigenvalue weighted by Crippen LogP contribution is 2.28. The van der Waals surface area contributed by atoms with Crippen molar-refractivity contribution in [3.8, 4) is 11.3 Å². The number of ether oxygens (including phenoxy) is 2. The van der Waals surface area contributed by atoms with E-state index in [1.54, 1.807) is 0 Å². The van der Waals surface area contributed by atoms with Gasteiger partial charge in [0.25, 0.3) is 0 Å². The second kappa shape index (κ2) is 17.7. The van der Waals surface area contributed by atoms with Gasteiger partial charge in [0.2, 0.25) is 0 Å². The summed E-state index contributed by atoms with van der Waals surface area (Å²) in [5.74, 6) is 0.531. The van der Waals surface area contributed by atoms with Crippen LogP contribution < -0.4 is 0 Å². The van der Waals surface area contributed by atoms with Crippen LogP contribution in [-0.2, 0) is 15.9 Å². The first-order chi connectivity index (χ1) is 17.8. The highest BCUT2D eigenvalue weighted by atomic mass is 16.7. The Balaban J connectivity index is 1.33. The molecule has 0 unspecified atom stereocenters. The topological polar surface area (TPSA) is 31.4 Å². The van der Waals surface area contributed by atoms with Crippen LogP contribution in [0.2, 0.25) is 0 Å². The van der Waals surface area contributed by atoms with Crippen LogP contribution in [0, 0.1) is 5.92 Å². The Kier molecular flexibility index (Phi) is 14.2. The van der Waals surface area contributed by atoms with Gasteiger partial charge in [-0.25, -0.2) is 0 Å². The normalized spacial score (nSPS) is 17.9. The SMILES string of the molecule is CCCCCCCCCc1ccc(-c2ccc([C@H]3OC[C@H](CCCCCCCCC)CO3)cn2)cc1. The van der Waals surface area contributed by atoms with Crippen LogP contribution in [-0.4, -0.2) is 18.2 Å². The number of aromatic nitrogens is 1. The maximum absolute atomic E-state index is 6.06. The van der Waals surface area contributed by atoms with Crippen molar-refractivity contribution >= 4 is 0 Å². The molecular weight excluding hydrogens is 442 g/mol. The first kappa shape index (κ1) is 28.9. The minimum absolute atomic E-state index is 0.277. The van der Waals surface area contributed by atoms with E-state index < -0.39 is 0 Å². The largest absolute Gasteiger partial charge is 0.348 e. The van der Waals surface area contributed by atoms with Crippen molar-refractivity contribution in [3.63, 3.8) is 0 Å². The molecule has 3 nitrogen and oxygen atoms in total. The van der Waals surface area contributed by atoms with E-state index in [2.05, 4.69) is 50.2 Å². The summed E-state index contributed by atoms with van der Waals surface area (Å²) >= 11 is 0. The van der Waals surface area contributed by atoms with Gasteiger partial charge >= 0.3 is 0 Å². The van der Waals surface area contributed by atoms with E-state index in [9.17, 15) is 0 Å². The molecule has 1 aliphatic rings. The van der Waals surface area contributed by atoms with Gasteiger partial charge in [-0.15, -0.1) is 0 Å². The van der Waals surface area contributed by atoms with Crippen molar-refractivity contribution in [2.45, 2.75) is 123 Å². The van der Waals surface area contributed by atoms with E-state index in [1.807, 2.05) is 6.20 Å². The smallest absolute Gasteiger partial charge is 0.185 e. The molecule has 0 N–H and O–H groups in total. The number of benzene rings is 1. The van der Waals surface area contributed by atoms with Gasteiger partial charge in [0.15, 0.2) is 6.29 Å². The van der Waals surface area contributed by atoms with Crippen LogP contribution in [0.25, 0.3) is 11.3 Å². The molecule has 0 atom stereocenters. The van der Waals surface area contributed by atoms with Crippen LogP contribution in [0.1, 0.15) is 128 Å². The fourth-order valence-corrected chi connectivity index (χ4v) is 5.14. The average Bonchev–Trinajstić information content (AvgIpc) is 2.93. The van der Waals surface area contributed by atoms with E-state index in [4.69, 9.17) is 14.5 Å². The lowest BCUT2D eigenvalue weighted by Crippen LogP contribution is -2.27. The zero-order valence-electron chi connectivity index (χ0n) is 23.2. The summed E-state index contributed by atoms with van der Waals surface area (Å²) in [6.07, 6.45) is 23.1. The van der Waals surface area contributed by atoms with Gasteiger partial charge in [-0.1, -0.05) is 128 Å². The summed E-state index contributed by atoms with van der Waals surface area (Å²) in [5.41, 5.74) is 4.63. The van der Waals surface area contributed by atoms with Gasteiger partial charge in [0.05, 0.1) is 18.9 Å². The molecule has 0 saturated carbocycles. The first-order valence-corrected chi connectivity index (χ1v) is 15.1. The molecule has 1 aliphatic heterocycles. The molecule has 1 saturated heterocycles.